The number of nitro benzene ring substituents is 1. The van der Waals surface area contributed by atoms with Gasteiger partial charge in [0.1, 0.15) is 11.4 Å². The first-order valence-electron chi connectivity index (χ1n) is 10.0. The van der Waals surface area contributed by atoms with Crippen molar-refractivity contribution in [3.8, 4) is 5.75 Å². The van der Waals surface area contributed by atoms with Gasteiger partial charge in [0.15, 0.2) is 0 Å². The van der Waals surface area contributed by atoms with Gasteiger partial charge in [-0.3, -0.25) is 10.1 Å². The highest BCUT2D eigenvalue weighted by atomic mass is 19.4. The minimum atomic E-state index is -4.40. The lowest BCUT2D eigenvalue weighted by Crippen LogP contribution is -2.33. The number of nitro groups is 1. The van der Waals surface area contributed by atoms with Crippen LogP contribution in [0.25, 0.3) is 0 Å². The summed E-state index contributed by atoms with van der Waals surface area (Å²) in [6.45, 7) is 2.97. The second-order valence-electron chi connectivity index (χ2n) is 7.57. The summed E-state index contributed by atoms with van der Waals surface area (Å²) >= 11 is 0. The molecule has 1 unspecified atom stereocenters. The highest BCUT2D eigenvalue weighted by Crippen LogP contribution is 2.34. The molecular formula is C24H23F3N2O3. The van der Waals surface area contributed by atoms with Gasteiger partial charge in [0.2, 0.25) is 0 Å². The maximum Gasteiger partial charge on any atom is 0.416 e. The maximum absolute atomic E-state index is 12.8. The van der Waals surface area contributed by atoms with E-state index in [1.807, 2.05) is 37.3 Å². The number of hydrogen-bond donors (Lipinski definition) is 1. The molecule has 0 saturated carbocycles. The summed E-state index contributed by atoms with van der Waals surface area (Å²) in [5, 5.41) is 14.0. The molecule has 0 aliphatic rings. The standard InChI is InChI=1S/C24H23F3N2O3/c1-23(19-5-3-2-4-6-19,32-22-13-9-20(10-14-22)24(25,26)27)15-16-28-17-18-7-11-21(12-8-18)29(30)31/h2-14,28H,15-17H2,1H3. The van der Waals surface area contributed by atoms with E-state index in [1.54, 1.807) is 12.1 Å². The normalized spacial score (nSPS) is 13.4. The van der Waals surface area contributed by atoms with Crippen LogP contribution in [-0.4, -0.2) is 11.5 Å². The van der Waals surface area contributed by atoms with Gasteiger partial charge in [-0.15, -0.1) is 0 Å². The molecule has 0 aliphatic carbocycles. The van der Waals surface area contributed by atoms with Crippen LogP contribution >= 0.6 is 0 Å². The molecule has 3 aromatic rings. The molecule has 168 valence electrons. The van der Waals surface area contributed by atoms with Gasteiger partial charge in [-0.05, 0) is 48.9 Å². The molecule has 0 heterocycles. The lowest BCUT2D eigenvalue weighted by atomic mass is 9.92. The number of alkyl halides is 3. The highest BCUT2D eigenvalue weighted by Gasteiger charge is 2.31. The first kappa shape index (κ1) is 23.3. The minimum absolute atomic E-state index is 0.0374. The summed E-state index contributed by atoms with van der Waals surface area (Å²) in [6, 6.07) is 20.5. The van der Waals surface area contributed by atoms with Crippen LogP contribution in [0.3, 0.4) is 0 Å². The third-order valence-corrected chi connectivity index (χ3v) is 5.16. The smallest absolute Gasteiger partial charge is 0.416 e. The SMILES string of the molecule is CC(CCNCc1ccc([N+](=O)[O-])cc1)(Oc1ccc(C(F)(F)F)cc1)c1ccccc1. The van der Waals surface area contributed by atoms with E-state index < -0.39 is 22.3 Å². The van der Waals surface area contributed by atoms with E-state index in [0.29, 0.717) is 25.3 Å². The molecule has 0 spiro atoms. The Morgan fingerprint density at radius 2 is 1.53 bits per heavy atom. The van der Waals surface area contributed by atoms with Crippen LogP contribution in [0.1, 0.15) is 30.0 Å². The Morgan fingerprint density at radius 3 is 2.09 bits per heavy atom. The highest BCUT2D eigenvalue weighted by molar-refractivity contribution is 5.33. The Bertz CT molecular complexity index is 1020. The fourth-order valence-electron chi connectivity index (χ4n) is 3.31. The number of non-ortho nitro benzene ring substituents is 1. The summed E-state index contributed by atoms with van der Waals surface area (Å²) < 4.78 is 44.7. The van der Waals surface area contributed by atoms with Crippen molar-refractivity contribution in [2.75, 3.05) is 6.54 Å². The van der Waals surface area contributed by atoms with Crippen LogP contribution < -0.4 is 10.1 Å². The van der Waals surface area contributed by atoms with Gasteiger partial charge < -0.3 is 10.1 Å². The molecule has 5 nitrogen and oxygen atoms in total. The van der Waals surface area contributed by atoms with Gasteiger partial charge in [0, 0.05) is 25.1 Å². The second kappa shape index (κ2) is 9.82. The quantitative estimate of drug-likeness (QED) is 0.247. The van der Waals surface area contributed by atoms with Crippen LogP contribution in [0, 0.1) is 10.1 Å². The fraction of sp³-hybridized carbons (Fsp3) is 0.250. The number of rotatable bonds is 9. The molecule has 0 saturated heterocycles. The van der Waals surface area contributed by atoms with Crippen molar-refractivity contribution in [2.24, 2.45) is 0 Å². The predicted octanol–water partition coefficient (Wildman–Crippen LogP) is 6.09. The number of nitrogens with zero attached hydrogens (tertiary/aromatic N) is 1. The number of nitrogens with one attached hydrogen (secondary N) is 1. The van der Waals surface area contributed by atoms with Gasteiger partial charge in [0.25, 0.3) is 5.69 Å². The van der Waals surface area contributed by atoms with Crippen molar-refractivity contribution in [2.45, 2.75) is 31.7 Å². The number of benzene rings is 3. The summed E-state index contributed by atoms with van der Waals surface area (Å²) in [5.74, 6) is 0.347. The van der Waals surface area contributed by atoms with Gasteiger partial charge in [0.05, 0.1) is 10.5 Å². The predicted molar refractivity (Wildman–Crippen MR) is 115 cm³/mol. The van der Waals surface area contributed by atoms with Gasteiger partial charge in [-0.25, -0.2) is 0 Å². The lowest BCUT2D eigenvalue weighted by molar-refractivity contribution is -0.384. The van der Waals surface area contributed by atoms with E-state index in [4.69, 9.17) is 4.74 Å². The molecule has 3 rings (SSSR count). The molecule has 3 aromatic carbocycles. The summed E-state index contributed by atoms with van der Waals surface area (Å²) in [5.41, 5.74) is 0.341. The third-order valence-electron chi connectivity index (χ3n) is 5.16. The zero-order valence-electron chi connectivity index (χ0n) is 17.4. The van der Waals surface area contributed by atoms with Gasteiger partial charge in [-0.1, -0.05) is 42.5 Å². The Hall–Kier alpha value is -3.39. The molecule has 0 amide bonds. The number of hydrogen-bond acceptors (Lipinski definition) is 4. The zero-order chi connectivity index (χ0) is 23.2. The molecule has 32 heavy (non-hydrogen) atoms. The second-order valence-corrected chi connectivity index (χ2v) is 7.57. The van der Waals surface area contributed by atoms with E-state index in [2.05, 4.69) is 5.32 Å². The largest absolute Gasteiger partial charge is 0.483 e. The molecule has 0 bridgehead atoms. The third kappa shape index (κ3) is 6.07. The molecule has 0 fully saturated rings. The van der Waals surface area contributed by atoms with Crippen LogP contribution in [0.15, 0.2) is 78.9 Å². The molecular weight excluding hydrogens is 421 g/mol. The molecule has 8 heteroatoms. The Kier molecular flexibility index (Phi) is 7.15. The van der Waals surface area contributed by atoms with Crippen LogP contribution in [-0.2, 0) is 18.3 Å². The van der Waals surface area contributed by atoms with Crippen LogP contribution in [0.4, 0.5) is 18.9 Å². The molecule has 1 N–H and O–H groups in total. The van der Waals surface area contributed by atoms with Crippen molar-refractivity contribution in [1.82, 2.24) is 5.32 Å². The Morgan fingerprint density at radius 1 is 0.906 bits per heavy atom. The van der Waals surface area contributed by atoms with Crippen molar-refractivity contribution >= 4 is 5.69 Å². The van der Waals surface area contributed by atoms with Crippen molar-refractivity contribution in [3.63, 3.8) is 0 Å². The van der Waals surface area contributed by atoms with Gasteiger partial charge >= 0.3 is 6.18 Å². The fourth-order valence-corrected chi connectivity index (χ4v) is 3.31. The minimum Gasteiger partial charge on any atom is -0.483 e. The molecule has 0 aliphatic heterocycles. The van der Waals surface area contributed by atoms with Crippen LogP contribution in [0.5, 0.6) is 5.75 Å². The van der Waals surface area contributed by atoms with Gasteiger partial charge in [-0.2, -0.15) is 13.2 Å². The topological polar surface area (TPSA) is 64.4 Å². The zero-order valence-corrected chi connectivity index (χ0v) is 17.4. The molecule has 1 atom stereocenters. The summed E-state index contributed by atoms with van der Waals surface area (Å²) in [7, 11) is 0. The molecule has 0 aromatic heterocycles. The first-order chi connectivity index (χ1) is 15.2. The average molecular weight is 444 g/mol. The average Bonchev–Trinajstić information content (AvgIpc) is 2.77. The van der Waals surface area contributed by atoms with E-state index in [-0.39, 0.29) is 5.69 Å². The monoisotopic (exact) mass is 444 g/mol. The lowest BCUT2D eigenvalue weighted by Gasteiger charge is -2.32. The van der Waals surface area contributed by atoms with Crippen molar-refractivity contribution in [3.05, 3.63) is 106 Å². The molecule has 0 radical (unpaired) electrons. The van der Waals surface area contributed by atoms with E-state index in [1.165, 1.54) is 24.3 Å². The maximum atomic E-state index is 12.8. The van der Waals surface area contributed by atoms with Crippen molar-refractivity contribution < 1.29 is 22.8 Å². The number of halogens is 3. The van der Waals surface area contributed by atoms with Crippen LogP contribution in [0.2, 0.25) is 0 Å². The van der Waals surface area contributed by atoms with E-state index in [0.717, 1.165) is 23.3 Å². The Balaban J connectivity index is 1.67. The first-order valence-corrected chi connectivity index (χ1v) is 10.0. The Labute approximate surface area is 184 Å². The van der Waals surface area contributed by atoms with E-state index >= 15 is 0 Å². The van der Waals surface area contributed by atoms with E-state index in [9.17, 15) is 23.3 Å². The van der Waals surface area contributed by atoms with Crippen molar-refractivity contribution in [1.29, 1.82) is 0 Å². The number of ether oxygens (including phenoxy) is 1. The summed E-state index contributed by atoms with van der Waals surface area (Å²) in [4.78, 5) is 10.3. The summed E-state index contributed by atoms with van der Waals surface area (Å²) in [6.07, 6.45) is -3.85.